The van der Waals surface area contributed by atoms with E-state index in [1.54, 1.807) is 0 Å². The molecule has 1 heterocycles. The van der Waals surface area contributed by atoms with E-state index in [1.807, 2.05) is 52.0 Å². The lowest BCUT2D eigenvalue weighted by molar-refractivity contribution is -0.138. The molecule has 6 nitrogen and oxygen atoms in total. The van der Waals surface area contributed by atoms with Crippen LogP contribution < -0.4 is 14.2 Å². The van der Waals surface area contributed by atoms with Crippen molar-refractivity contribution in [1.29, 1.82) is 0 Å². The zero-order chi connectivity index (χ0) is 22.1. The van der Waals surface area contributed by atoms with Crippen LogP contribution in [0, 0.1) is 5.92 Å². The van der Waals surface area contributed by atoms with Crippen molar-refractivity contribution in [2.75, 3.05) is 0 Å². The molecule has 2 atom stereocenters. The van der Waals surface area contributed by atoms with E-state index >= 15 is 0 Å². The monoisotopic (exact) mass is 411 g/mol. The number of ether oxygens (including phenoxy) is 3. The van der Waals surface area contributed by atoms with Crippen LogP contribution in [0.5, 0.6) is 17.2 Å². The van der Waals surface area contributed by atoms with Crippen LogP contribution in [0.2, 0.25) is 0 Å². The summed E-state index contributed by atoms with van der Waals surface area (Å²) in [4.78, 5) is 28.9. The predicted molar refractivity (Wildman–Crippen MR) is 117 cm³/mol. The molecule has 2 unspecified atom stereocenters. The fraction of sp³-hybridized carbons (Fsp3) is 0.458. The molecule has 0 saturated heterocycles. The number of fused-ring (bicyclic) bond motifs is 3. The van der Waals surface area contributed by atoms with Crippen LogP contribution >= 0.6 is 0 Å². The maximum absolute atomic E-state index is 13.0. The molecule has 0 aliphatic carbocycles. The van der Waals surface area contributed by atoms with Gasteiger partial charge in [-0.2, -0.15) is 0 Å². The SMILES string of the molecule is C=NC(C(=O)Oc1c(OC(C)=O)c2c(c3ccccc13)OC(C)(C)CC2)C(C)CC. The summed E-state index contributed by atoms with van der Waals surface area (Å²) in [6, 6.07) is 6.79. The first-order chi connectivity index (χ1) is 14.2. The molecule has 2 aromatic carbocycles. The first-order valence-corrected chi connectivity index (χ1v) is 10.3. The van der Waals surface area contributed by atoms with Crippen molar-refractivity contribution in [2.24, 2.45) is 10.9 Å². The van der Waals surface area contributed by atoms with E-state index < -0.39 is 18.0 Å². The minimum Gasteiger partial charge on any atom is -0.487 e. The van der Waals surface area contributed by atoms with Crippen molar-refractivity contribution >= 4 is 29.4 Å². The second-order valence-corrected chi connectivity index (χ2v) is 8.40. The van der Waals surface area contributed by atoms with Crippen LogP contribution in [0.1, 0.15) is 53.0 Å². The minimum absolute atomic E-state index is 0.0276. The number of carbonyl (C=O) groups excluding carboxylic acids is 2. The Morgan fingerprint density at radius 2 is 1.87 bits per heavy atom. The molecule has 1 aliphatic heterocycles. The van der Waals surface area contributed by atoms with Crippen molar-refractivity contribution in [2.45, 2.75) is 65.5 Å². The lowest BCUT2D eigenvalue weighted by Gasteiger charge is -2.34. The Kier molecular flexibility index (Phi) is 6.15. The standard InChI is InChI=1S/C24H29NO5/c1-7-14(2)19(25-6)23(27)29-21-17-11-9-8-10-16(17)20-18(22(21)28-15(3)26)12-13-24(4,5)30-20/h8-11,14,19H,6-7,12-13H2,1-5H3. The van der Waals surface area contributed by atoms with E-state index in [0.717, 1.165) is 23.8 Å². The third-order valence-electron chi connectivity index (χ3n) is 5.60. The van der Waals surface area contributed by atoms with Gasteiger partial charge in [-0.15, -0.1) is 0 Å². The minimum atomic E-state index is -0.704. The van der Waals surface area contributed by atoms with Gasteiger partial charge in [0.1, 0.15) is 17.4 Å². The van der Waals surface area contributed by atoms with Crippen molar-refractivity contribution in [3.05, 3.63) is 29.8 Å². The molecule has 2 aromatic rings. The summed E-state index contributed by atoms with van der Waals surface area (Å²) in [5, 5.41) is 1.45. The van der Waals surface area contributed by atoms with Gasteiger partial charge in [0.2, 0.25) is 0 Å². The van der Waals surface area contributed by atoms with Gasteiger partial charge in [-0.25, -0.2) is 4.79 Å². The van der Waals surface area contributed by atoms with Gasteiger partial charge < -0.3 is 14.2 Å². The van der Waals surface area contributed by atoms with Gasteiger partial charge in [-0.1, -0.05) is 44.5 Å². The molecule has 0 N–H and O–H groups in total. The Balaban J connectivity index is 2.21. The van der Waals surface area contributed by atoms with E-state index in [-0.39, 0.29) is 23.0 Å². The van der Waals surface area contributed by atoms with Crippen molar-refractivity contribution in [3.63, 3.8) is 0 Å². The van der Waals surface area contributed by atoms with Gasteiger partial charge in [0.25, 0.3) is 0 Å². The maximum atomic E-state index is 13.0. The highest BCUT2D eigenvalue weighted by Gasteiger charge is 2.35. The van der Waals surface area contributed by atoms with E-state index in [4.69, 9.17) is 14.2 Å². The molecule has 0 saturated carbocycles. The van der Waals surface area contributed by atoms with Gasteiger partial charge in [-0.3, -0.25) is 9.79 Å². The normalized spacial score (nSPS) is 16.7. The Bertz CT molecular complexity index is 995. The van der Waals surface area contributed by atoms with Gasteiger partial charge in [0, 0.05) is 23.3 Å². The summed E-state index contributed by atoms with van der Waals surface area (Å²) in [6.07, 6.45) is 2.13. The zero-order valence-corrected chi connectivity index (χ0v) is 18.3. The van der Waals surface area contributed by atoms with Gasteiger partial charge in [0.05, 0.1) is 0 Å². The molecular weight excluding hydrogens is 382 g/mol. The van der Waals surface area contributed by atoms with E-state index in [9.17, 15) is 9.59 Å². The quantitative estimate of drug-likeness (QED) is 0.384. The number of hydrogen-bond acceptors (Lipinski definition) is 6. The summed E-state index contributed by atoms with van der Waals surface area (Å²) in [5.74, 6) is 0.0973. The third kappa shape index (κ3) is 4.18. The fourth-order valence-electron chi connectivity index (χ4n) is 3.73. The summed E-state index contributed by atoms with van der Waals surface area (Å²) >= 11 is 0. The maximum Gasteiger partial charge on any atom is 0.336 e. The molecule has 0 radical (unpaired) electrons. The molecule has 30 heavy (non-hydrogen) atoms. The number of hydrogen-bond donors (Lipinski definition) is 0. The zero-order valence-electron chi connectivity index (χ0n) is 18.3. The van der Waals surface area contributed by atoms with Crippen LogP contribution in [0.25, 0.3) is 10.8 Å². The van der Waals surface area contributed by atoms with Gasteiger partial charge in [0.15, 0.2) is 11.5 Å². The molecule has 0 fully saturated rings. The van der Waals surface area contributed by atoms with Crippen LogP contribution in [-0.4, -0.2) is 30.3 Å². The summed E-state index contributed by atoms with van der Waals surface area (Å²) < 4.78 is 17.7. The Morgan fingerprint density at radius 1 is 1.20 bits per heavy atom. The van der Waals surface area contributed by atoms with Crippen LogP contribution in [0.3, 0.4) is 0 Å². The Morgan fingerprint density at radius 3 is 2.47 bits per heavy atom. The summed E-state index contributed by atoms with van der Waals surface area (Å²) in [7, 11) is 0. The first kappa shape index (κ1) is 21.8. The molecule has 6 heteroatoms. The number of rotatable bonds is 6. The van der Waals surface area contributed by atoms with Crippen molar-refractivity contribution < 1.29 is 23.8 Å². The highest BCUT2D eigenvalue weighted by atomic mass is 16.6. The topological polar surface area (TPSA) is 74.2 Å². The second kappa shape index (κ2) is 8.46. The van der Waals surface area contributed by atoms with Gasteiger partial charge >= 0.3 is 11.9 Å². The average Bonchev–Trinajstić information content (AvgIpc) is 2.69. The highest BCUT2D eigenvalue weighted by molar-refractivity contribution is 6.00. The lowest BCUT2D eigenvalue weighted by atomic mass is 9.91. The number of esters is 2. The molecule has 160 valence electrons. The third-order valence-corrected chi connectivity index (χ3v) is 5.60. The predicted octanol–water partition coefficient (Wildman–Crippen LogP) is 4.89. The second-order valence-electron chi connectivity index (χ2n) is 8.40. The number of nitrogens with zero attached hydrogens (tertiary/aromatic N) is 1. The molecule has 0 aromatic heterocycles. The molecular formula is C24H29NO5. The van der Waals surface area contributed by atoms with E-state index in [2.05, 4.69) is 11.7 Å². The summed E-state index contributed by atoms with van der Waals surface area (Å²) in [5.41, 5.74) is 0.383. The van der Waals surface area contributed by atoms with Crippen LogP contribution in [0.15, 0.2) is 29.3 Å². The van der Waals surface area contributed by atoms with E-state index in [1.165, 1.54) is 6.92 Å². The molecule has 3 rings (SSSR count). The summed E-state index contributed by atoms with van der Waals surface area (Å²) in [6.45, 7) is 12.8. The van der Waals surface area contributed by atoms with Crippen LogP contribution in [-0.2, 0) is 16.0 Å². The Labute approximate surface area is 177 Å². The first-order valence-electron chi connectivity index (χ1n) is 10.3. The largest absolute Gasteiger partial charge is 0.487 e. The smallest absolute Gasteiger partial charge is 0.336 e. The highest BCUT2D eigenvalue weighted by Crippen LogP contribution is 2.50. The van der Waals surface area contributed by atoms with Crippen molar-refractivity contribution in [1.82, 2.24) is 0 Å². The Hall–Kier alpha value is -2.89. The lowest BCUT2D eigenvalue weighted by Crippen LogP contribution is -2.33. The fourth-order valence-corrected chi connectivity index (χ4v) is 3.73. The molecule has 0 bridgehead atoms. The molecule has 0 amide bonds. The number of aliphatic imine (C=N–C) groups is 1. The number of benzene rings is 2. The molecule has 0 spiro atoms. The van der Waals surface area contributed by atoms with Crippen LogP contribution in [0.4, 0.5) is 0 Å². The van der Waals surface area contributed by atoms with Crippen molar-refractivity contribution in [3.8, 4) is 17.2 Å². The number of carbonyl (C=O) groups is 2. The van der Waals surface area contributed by atoms with Gasteiger partial charge in [-0.05, 0) is 39.3 Å². The van der Waals surface area contributed by atoms with E-state index in [0.29, 0.717) is 17.6 Å². The molecule has 1 aliphatic rings. The average molecular weight is 411 g/mol.